The average Bonchev–Trinajstić information content (AvgIpc) is 2.67. The lowest BCUT2D eigenvalue weighted by molar-refractivity contribution is 0.194. The Kier molecular flexibility index (Phi) is 5.82. The Hall–Kier alpha value is -2.49. The second kappa shape index (κ2) is 8.26. The molecule has 138 valence electrons. The van der Waals surface area contributed by atoms with Gasteiger partial charge in [0.25, 0.3) is 0 Å². The van der Waals surface area contributed by atoms with E-state index in [4.69, 9.17) is 0 Å². The van der Waals surface area contributed by atoms with Gasteiger partial charge in [0, 0.05) is 38.4 Å². The summed E-state index contributed by atoms with van der Waals surface area (Å²) < 4.78 is 0. The molecule has 4 heteroatoms. The minimum absolute atomic E-state index is 0.0300. The predicted octanol–water partition coefficient (Wildman–Crippen LogP) is 4.15. The number of hydrogen-bond acceptors (Lipinski definition) is 2. The zero-order chi connectivity index (χ0) is 18.5. The number of carbonyl (C=O) groups excluding carboxylic acids is 1. The van der Waals surface area contributed by atoms with Crippen LogP contribution in [0.3, 0.4) is 0 Å². The smallest absolute Gasteiger partial charge is 0.317 e. The molecule has 1 aliphatic heterocycles. The summed E-state index contributed by atoms with van der Waals surface area (Å²) in [6.45, 7) is 10.5. The second-order valence-corrected chi connectivity index (χ2v) is 7.29. The number of carbonyl (C=O) groups is 1. The van der Waals surface area contributed by atoms with E-state index in [9.17, 15) is 4.79 Å². The van der Waals surface area contributed by atoms with Crippen LogP contribution in [0, 0.1) is 6.92 Å². The summed E-state index contributed by atoms with van der Waals surface area (Å²) in [5.41, 5.74) is 5.19. The molecule has 0 aromatic heterocycles. The van der Waals surface area contributed by atoms with Gasteiger partial charge in [-0.05, 0) is 29.5 Å². The lowest BCUT2D eigenvalue weighted by Gasteiger charge is -2.38. The summed E-state index contributed by atoms with van der Waals surface area (Å²) in [4.78, 5) is 16.8. The lowest BCUT2D eigenvalue weighted by Crippen LogP contribution is -2.52. The Morgan fingerprint density at radius 3 is 2.35 bits per heavy atom. The molecule has 1 fully saturated rings. The van der Waals surface area contributed by atoms with Gasteiger partial charge < -0.3 is 15.1 Å². The highest BCUT2D eigenvalue weighted by Crippen LogP contribution is 2.31. The Morgan fingerprint density at radius 1 is 1.00 bits per heavy atom. The number of benzene rings is 2. The zero-order valence-electron chi connectivity index (χ0n) is 16.0. The van der Waals surface area contributed by atoms with Crippen LogP contribution < -0.4 is 10.2 Å². The van der Waals surface area contributed by atoms with Gasteiger partial charge in [-0.3, -0.25) is 0 Å². The highest BCUT2D eigenvalue weighted by Gasteiger charge is 2.24. The molecule has 26 heavy (non-hydrogen) atoms. The first-order chi connectivity index (χ1) is 12.6. The summed E-state index contributed by atoms with van der Waals surface area (Å²) in [6, 6.07) is 16.6. The van der Waals surface area contributed by atoms with Crippen molar-refractivity contribution in [2.75, 3.05) is 31.1 Å². The number of piperazine rings is 1. The third-order valence-electron chi connectivity index (χ3n) is 5.06. The monoisotopic (exact) mass is 351 g/mol. The van der Waals surface area contributed by atoms with E-state index < -0.39 is 0 Å². The van der Waals surface area contributed by atoms with Crippen LogP contribution in [0.5, 0.6) is 0 Å². The topological polar surface area (TPSA) is 35.6 Å². The van der Waals surface area contributed by atoms with E-state index in [1.165, 1.54) is 16.8 Å². The van der Waals surface area contributed by atoms with E-state index in [1.54, 1.807) is 0 Å². The first-order valence-corrected chi connectivity index (χ1v) is 9.47. The van der Waals surface area contributed by atoms with Crippen LogP contribution in [0.25, 0.3) is 0 Å². The third kappa shape index (κ3) is 4.18. The quantitative estimate of drug-likeness (QED) is 0.898. The molecule has 3 rings (SSSR count). The molecule has 2 aromatic carbocycles. The van der Waals surface area contributed by atoms with Crippen LogP contribution in [-0.2, 0) is 6.54 Å². The third-order valence-corrected chi connectivity index (χ3v) is 5.06. The largest absolute Gasteiger partial charge is 0.368 e. The summed E-state index contributed by atoms with van der Waals surface area (Å²) in [6.07, 6.45) is 0. The van der Waals surface area contributed by atoms with Gasteiger partial charge in [0.05, 0.1) is 0 Å². The first kappa shape index (κ1) is 18.3. The van der Waals surface area contributed by atoms with Gasteiger partial charge in [-0.15, -0.1) is 0 Å². The van der Waals surface area contributed by atoms with Crippen molar-refractivity contribution in [2.45, 2.75) is 33.2 Å². The maximum atomic E-state index is 12.5. The van der Waals surface area contributed by atoms with Crippen molar-refractivity contribution in [3.05, 3.63) is 65.2 Å². The molecule has 1 saturated heterocycles. The minimum atomic E-state index is 0.0300. The lowest BCUT2D eigenvalue weighted by atomic mass is 9.97. The number of aryl methyl sites for hydroxylation is 1. The molecule has 0 unspecified atom stereocenters. The molecule has 0 spiro atoms. The summed E-state index contributed by atoms with van der Waals surface area (Å²) in [5, 5.41) is 3.03. The van der Waals surface area contributed by atoms with E-state index in [-0.39, 0.29) is 6.03 Å². The highest BCUT2D eigenvalue weighted by molar-refractivity contribution is 5.74. The number of rotatable bonds is 4. The molecule has 1 heterocycles. The van der Waals surface area contributed by atoms with Crippen molar-refractivity contribution in [3.8, 4) is 0 Å². The van der Waals surface area contributed by atoms with E-state index in [0.717, 1.165) is 31.7 Å². The van der Waals surface area contributed by atoms with Gasteiger partial charge >= 0.3 is 6.03 Å². The first-order valence-electron chi connectivity index (χ1n) is 9.47. The van der Waals surface area contributed by atoms with Crippen LogP contribution in [0.15, 0.2) is 48.5 Å². The van der Waals surface area contributed by atoms with Gasteiger partial charge in [0.15, 0.2) is 0 Å². The van der Waals surface area contributed by atoms with Crippen LogP contribution in [0.2, 0.25) is 0 Å². The van der Waals surface area contributed by atoms with Crippen LogP contribution in [-0.4, -0.2) is 37.1 Å². The van der Waals surface area contributed by atoms with E-state index in [0.29, 0.717) is 12.5 Å². The molecule has 0 atom stereocenters. The standard InChI is InChI=1S/C22H29N3O/c1-17(2)20-11-7-8-18(3)21(20)24-12-14-25(15-13-24)22(26)23-16-19-9-5-4-6-10-19/h4-11,17H,12-16H2,1-3H3,(H,23,26). The van der Waals surface area contributed by atoms with Crippen molar-refractivity contribution in [2.24, 2.45) is 0 Å². The second-order valence-electron chi connectivity index (χ2n) is 7.29. The molecule has 1 N–H and O–H groups in total. The summed E-state index contributed by atoms with van der Waals surface area (Å²) in [7, 11) is 0. The molecule has 0 bridgehead atoms. The van der Waals surface area contributed by atoms with E-state index in [2.05, 4.69) is 49.2 Å². The average molecular weight is 351 g/mol. The fourth-order valence-electron chi connectivity index (χ4n) is 3.60. The van der Waals surface area contributed by atoms with Gasteiger partial charge in [0.1, 0.15) is 0 Å². The maximum Gasteiger partial charge on any atom is 0.317 e. The molecule has 0 aliphatic carbocycles. The molecule has 0 radical (unpaired) electrons. The molecule has 4 nitrogen and oxygen atoms in total. The summed E-state index contributed by atoms with van der Waals surface area (Å²) >= 11 is 0. The van der Waals surface area contributed by atoms with E-state index >= 15 is 0 Å². The molecular weight excluding hydrogens is 322 g/mol. The number of amides is 2. The Labute approximate surface area is 156 Å². The van der Waals surface area contributed by atoms with Crippen molar-refractivity contribution >= 4 is 11.7 Å². The van der Waals surface area contributed by atoms with Crippen molar-refractivity contribution < 1.29 is 4.79 Å². The number of urea groups is 1. The van der Waals surface area contributed by atoms with Gasteiger partial charge in [0.2, 0.25) is 0 Å². The number of para-hydroxylation sites is 1. The van der Waals surface area contributed by atoms with Crippen molar-refractivity contribution in [1.82, 2.24) is 10.2 Å². The Bertz CT molecular complexity index is 734. The maximum absolute atomic E-state index is 12.5. The highest BCUT2D eigenvalue weighted by atomic mass is 16.2. The zero-order valence-corrected chi connectivity index (χ0v) is 16.0. The fraction of sp³-hybridized carbons (Fsp3) is 0.409. The van der Waals surface area contributed by atoms with Gasteiger partial charge in [-0.2, -0.15) is 0 Å². The Morgan fingerprint density at radius 2 is 1.69 bits per heavy atom. The van der Waals surface area contributed by atoms with E-state index in [1.807, 2.05) is 35.2 Å². The fourth-order valence-corrected chi connectivity index (χ4v) is 3.60. The normalized spacial score (nSPS) is 14.6. The number of nitrogens with zero attached hydrogens (tertiary/aromatic N) is 2. The van der Waals surface area contributed by atoms with Crippen LogP contribution in [0.4, 0.5) is 10.5 Å². The number of hydrogen-bond donors (Lipinski definition) is 1. The molecular formula is C22H29N3O. The summed E-state index contributed by atoms with van der Waals surface area (Å²) in [5.74, 6) is 0.497. The SMILES string of the molecule is Cc1cccc(C(C)C)c1N1CCN(C(=O)NCc2ccccc2)CC1. The molecule has 1 aliphatic rings. The van der Waals surface area contributed by atoms with Gasteiger partial charge in [-0.25, -0.2) is 4.79 Å². The predicted molar refractivity (Wildman–Crippen MR) is 108 cm³/mol. The van der Waals surface area contributed by atoms with Gasteiger partial charge in [-0.1, -0.05) is 62.4 Å². The molecule has 0 saturated carbocycles. The Balaban J connectivity index is 1.58. The minimum Gasteiger partial charge on any atom is -0.368 e. The van der Waals surface area contributed by atoms with Crippen LogP contribution >= 0.6 is 0 Å². The van der Waals surface area contributed by atoms with Crippen molar-refractivity contribution in [1.29, 1.82) is 0 Å². The van der Waals surface area contributed by atoms with Crippen LogP contribution in [0.1, 0.15) is 36.5 Å². The molecule has 2 aromatic rings. The number of nitrogens with one attached hydrogen (secondary N) is 1. The number of anilines is 1. The molecule has 2 amide bonds. The van der Waals surface area contributed by atoms with Crippen molar-refractivity contribution in [3.63, 3.8) is 0 Å².